The lowest BCUT2D eigenvalue weighted by molar-refractivity contribution is 0.371. The van der Waals surface area contributed by atoms with E-state index in [0.29, 0.717) is 29.2 Å². The van der Waals surface area contributed by atoms with E-state index in [1.165, 1.54) is 19.5 Å². The van der Waals surface area contributed by atoms with Gasteiger partial charge in [0.2, 0.25) is 0 Å². The number of nitrogens with zero attached hydrogens (tertiary/aromatic N) is 6. The minimum absolute atomic E-state index is 0.0832. The van der Waals surface area contributed by atoms with Crippen LogP contribution in [0.25, 0.3) is 16.9 Å². The first-order valence-electron chi connectivity index (χ1n) is 9.52. The number of imidazole rings is 1. The number of methoxy groups -OCH3 is 1. The predicted molar refractivity (Wildman–Crippen MR) is 113 cm³/mol. The van der Waals surface area contributed by atoms with E-state index in [4.69, 9.17) is 10.5 Å². The topological polar surface area (TPSA) is 128 Å². The summed E-state index contributed by atoms with van der Waals surface area (Å²) < 4.78 is 21.2. The molecular weight excluding hydrogens is 399 g/mol. The van der Waals surface area contributed by atoms with Gasteiger partial charge in [-0.3, -0.25) is 4.57 Å². The minimum atomic E-state index is -0.601. The van der Waals surface area contributed by atoms with Gasteiger partial charge >= 0.3 is 0 Å². The van der Waals surface area contributed by atoms with Crippen LogP contribution in [0.2, 0.25) is 0 Å². The molecule has 1 atom stereocenters. The molecule has 4 rings (SSSR count). The van der Waals surface area contributed by atoms with Crippen molar-refractivity contribution in [3.63, 3.8) is 0 Å². The lowest BCUT2D eigenvalue weighted by Gasteiger charge is -2.19. The first kappa shape index (κ1) is 20.0. The Morgan fingerprint density at radius 3 is 2.71 bits per heavy atom. The number of para-hydroxylation sites is 1. The molecule has 0 fully saturated rings. The number of nitrogens with one attached hydrogen (secondary N) is 1. The normalized spacial score (nSPS) is 11.8. The molecule has 9 nitrogen and oxygen atoms in total. The number of hydrogen-bond donors (Lipinski definition) is 2. The van der Waals surface area contributed by atoms with Crippen LogP contribution in [0, 0.1) is 17.1 Å². The average molecular weight is 418 g/mol. The number of nitrogens with two attached hydrogens (primary N) is 1. The summed E-state index contributed by atoms with van der Waals surface area (Å²) >= 11 is 0. The summed E-state index contributed by atoms with van der Waals surface area (Å²) in [5.74, 6) is 0.234. The quantitative estimate of drug-likeness (QED) is 0.488. The number of rotatable bonds is 6. The molecule has 0 amide bonds. The number of ether oxygens (including phenoxy) is 1. The van der Waals surface area contributed by atoms with Crippen molar-refractivity contribution >= 4 is 22.8 Å². The van der Waals surface area contributed by atoms with Crippen molar-refractivity contribution in [2.45, 2.75) is 19.4 Å². The van der Waals surface area contributed by atoms with Crippen LogP contribution in [-0.2, 0) is 0 Å². The van der Waals surface area contributed by atoms with Crippen LogP contribution >= 0.6 is 0 Å². The van der Waals surface area contributed by atoms with Crippen molar-refractivity contribution in [3.8, 4) is 17.6 Å². The van der Waals surface area contributed by atoms with Crippen molar-refractivity contribution in [2.75, 3.05) is 18.2 Å². The SMILES string of the molecule is CCC(Nc1ncnc(N)c1C#N)c1nc2cc(F)c(OC)nc2n1-c1ccccc1. The van der Waals surface area contributed by atoms with Gasteiger partial charge in [-0.2, -0.15) is 10.2 Å². The lowest BCUT2D eigenvalue weighted by atomic mass is 10.2. The molecular formula is C21H19FN8O. The number of halogens is 1. The molecule has 1 unspecified atom stereocenters. The summed E-state index contributed by atoms with van der Waals surface area (Å²) in [6.45, 7) is 1.96. The van der Waals surface area contributed by atoms with Crippen LogP contribution in [0.1, 0.15) is 30.8 Å². The summed E-state index contributed by atoms with van der Waals surface area (Å²) in [7, 11) is 1.36. The highest BCUT2D eigenvalue weighted by atomic mass is 19.1. The zero-order chi connectivity index (χ0) is 22.0. The fourth-order valence-electron chi connectivity index (χ4n) is 3.32. The molecule has 3 heterocycles. The molecule has 0 spiro atoms. The van der Waals surface area contributed by atoms with Gasteiger partial charge in [0.1, 0.15) is 40.9 Å². The Morgan fingerprint density at radius 2 is 2.03 bits per heavy atom. The molecule has 0 aliphatic rings. The number of benzene rings is 1. The zero-order valence-corrected chi connectivity index (χ0v) is 16.9. The third-order valence-electron chi connectivity index (χ3n) is 4.81. The van der Waals surface area contributed by atoms with Crippen LogP contribution in [0.4, 0.5) is 16.0 Å². The highest BCUT2D eigenvalue weighted by Crippen LogP contribution is 2.31. The van der Waals surface area contributed by atoms with Crippen LogP contribution < -0.4 is 15.8 Å². The second kappa shape index (κ2) is 8.23. The molecule has 0 radical (unpaired) electrons. The number of fused-ring (bicyclic) bond motifs is 1. The Morgan fingerprint density at radius 1 is 1.26 bits per heavy atom. The number of aromatic nitrogens is 5. The molecule has 10 heteroatoms. The smallest absolute Gasteiger partial charge is 0.252 e. The first-order chi connectivity index (χ1) is 15.1. The van der Waals surface area contributed by atoms with Crippen molar-refractivity contribution < 1.29 is 9.13 Å². The number of nitrogen functional groups attached to an aromatic ring is 1. The Labute approximate surface area is 177 Å². The second-order valence-corrected chi connectivity index (χ2v) is 6.66. The third kappa shape index (κ3) is 3.57. The van der Waals surface area contributed by atoms with Crippen LogP contribution in [0.5, 0.6) is 5.88 Å². The zero-order valence-electron chi connectivity index (χ0n) is 16.9. The molecule has 156 valence electrons. The summed E-state index contributed by atoms with van der Waals surface area (Å²) in [6, 6.07) is 12.4. The second-order valence-electron chi connectivity index (χ2n) is 6.66. The highest BCUT2D eigenvalue weighted by Gasteiger charge is 2.24. The Kier molecular flexibility index (Phi) is 5.32. The van der Waals surface area contributed by atoms with E-state index in [2.05, 4.69) is 25.3 Å². The standard InChI is InChI=1S/C21H19FN8O/c1-3-15(27-18-13(10-23)17(24)25-11-26-18)19-28-16-9-14(22)21(31-2)29-20(16)30(19)12-7-5-4-6-8-12/h4-9,11,15H,3H2,1-2H3,(H3,24,25,26,27). The van der Waals surface area contributed by atoms with E-state index < -0.39 is 5.82 Å². The van der Waals surface area contributed by atoms with E-state index in [-0.39, 0.29) is 23.3 Å². The summed E-state index contributed by atoms with van der Waals surface area (Å²) in [5.41, 5.74) is 7.58. The van der Waals surface area contributed by atoms with Crippen LogP contribution in [0.15, 0.2) is 42.7 Å². The van der Waals surface area contributed by atoms with E-state index in [0.717, 1.165) is 5.69 Å². The monoisotopic (exact) mass is 418 g/mol. The molecule has 0 aliphatic carbocycles. The van der Waals surface area contributed by atoms with Gasteiger partial charge in [-0.1, -0.05) is 25.1 Å². The van der Waals surface area contributed by atoms with Gasteiger partial charge < -0.3 is 15.8 Å². The molecule has 4 aromatic rings. The number of hydrogen-bond acceptors (Lipinski definition) is 8. The Bertz CT molecular complexity index is 1280. The fourth-order valence-corrected chi connectivity index (χ4v) is 3.32. The van der Waals surface area contributed by atoms with E-state index in [1.807, 2.05) is 47.9 Å². The largest absolute Gasteiger partial charge is 0.479 e. The molecule has 1 aromatic carbocycles. The van der Waals surface area contributed by atoms with Gasteiger partial charge in [0.15, 0.2) is 11.5 Å². The van der Waals surface area contributed by atoms with Crippen molar-refractivity contribution in [1.82, 2.24) is 24.5 Å². The van der Waals surface area contributed by atoms with Crippen LogP contribution in [0.3, 0.4) is 0 Å². The first-order valence-corrected chi connectivity index (χ1v) is 9.52. The maximum Gasteiger partial charge on any atom is 0.252 e. The summed E-state index contributed by atoms with van der Waals surface area (Å²) in [5, 5.41) is 12.7. The van der Waals surface area contributed by atoms with Gasteiger partial charge in [0.05, 0.1) is 13.2 Å². The minimum Gasteiger partial charge on any atom is -0.479 e. The Hall–Kier alpha value is -4.26. The van der Waals surface area contributed by atoms with Gasteiger partial charge in [-0.25, -0.2) is 19.3 Å². The Balaban J connectivity index is 1.91. The van der Waals surface area contributed by atoms with Crippen LogP contribution in [-0.4, -0.2) is 31.6 Å². The maximum absolute atomic E-state index is 14.3. The number of nitriles is 1. The molecule has 31 heavy (non-hydrogen) atoms. The molecule has 0 saturated carbocycles. The highest BCUT2D eigenvalue weighted by molar-refractivity contribution is 5.75. The fraction of sp³-hybridized carbons (Fsp3) is 0.190. The van der Waals surface area contributed by atoms with E-state index >= 15 is 0 Å². The molecule has 0 aliphatic heterocycles. The third-order valence-corrected chi connectivity index (χ3v) is 4.81. The van der Waals surface area contributed by atoms with Crippen molar-refractivity contribution in [2.24, 2.45) is 0 Å². The van der Waals surface area contributed by atoms with Crippen molar-refractivity contribution in [3.05, 3.63) is 59.9 Å². The predicted octanol–water partition coefficient (Wildman–Crippen LogP) is 3.38. The molecule has 3 N–H and O–H groups in total. The molecule has 3 aromatic heterocycles. The van der Waals surface area contributed by atoms with Gasteiger partial charge in [0.25, 0.3) is 5.88 Å². The van der Waals surface area contributed by atoms with E-state index in [9.17, 15) is 9.65 Å². The van der Waals surface area contributed by atoms with Gasteiger partial charge in [0, 0.05) is 11.8 Å². The maximum atomic E-state index is 14.3. The lowest BCUT2D eigenvalue weighted by Crippen LogP contribution is -2.17. The van der Waals surface area contributed by atoms with Crippen molar-refractivity contribution in [1.29, 1.82) is 5.26 Å². The van der Waals surface area contributed by atoms with Gasteiger partial charge in [-0.05, 0) is 18.6 Å². The average Bonchev–Trinajstić information content (AvgIpc) is 3.15. The number of anilines is 2. The molecule has 0 bridgehead atoms. The van der Waals surface area contributed by atoms with E-state index in [1.54, 1.807) is 0 Å². The summed E-state index contributed by atoms with van der Waals surface area (Å²) in [6.07, 6.45) is 1.87. The molecule has 0 saturated heterocycles. The van der Waals surface area contributed by atoms with Gasteiger partial charge in [-0.15, -0.1) is 0 Å². The number of pyridine rings is 1. The summed E-state index contributed by atoms with van der Waals surface area (Å²) in [4.78, 5) is 17.0.